The van der Waals surface area contributed by atoms with Gasteiger partial charge in [-0.05, 0) is 43.3 Å². The lowest BCUT2D eigenvalue weighted by Gasteiger charge is -2.08. The Bertz CT molecular complexity index is 385. The summed E-state index contributed by atoms with van der Waals surface area (Å²) >= 11 is 7.47. The van der Waals surface area contributed by atoms with E-state index in [-0.39, 0.29) is 5.91 Å². The second-order valence-electron chi connectivity index (χ2n) is 3.70. The maximum absolute atomic E-state index is 11.6. The minimum atomic E-state index is -0.00242. The molecule has 0 spiro atoms. The van der Waals surface area contributed by atoms with Crippen LogP contribution in [0.2, 0.25) is 5.02 Å². The van der Waals surface area contributed by atoms with Gasteiger partial charge in [-0.2, -0.15) is 11.8 Å². The molecular formula is C12H17ClN2OS. The first kappa shape index (κ1) is 14.4. The van der Waals surface area contributed by atoms with Crippen molar-refractivity contribution in [3.63, 3.8) is 0 Å². The summed E-state index contributed by atoms with van der Waals surface area (Å²) in [5, 5.41) is 3.48. The highest BCUT2D eigenvalue weighted by atomic mass is 35.5. The van der Waals surface area contributed by atoms with Gasteiger partial charge in [0.1, 0.15) is 0 Å². The van der Waals surface area contributed by atoms with Crippen molar-refractivity contribution in [2.75, 3.05) is 23.4 Å². The largest absolute Gasteiger partial charge is 0.330 e. The van der Waals surface area contributed by atoms with E-state index in [4.69, 9.17) is 17.3 Å². The molecule has 0 fully saturated rings. The van der Waals surface area contributed by atoms with Crippen molar-refractivity contribution in [3.05, 3.63) is 28.8 Å². The zero-order chi connectivity index (χ0) is 12.7. The lowest BCUT2D eigenvalue weighted by atomic mass is 10.2. The highest BCUT2D eigenvalue weighted by molar-refractivity contribution is 7.99. The molecule has 0 aliphatic carbocycles. The summed E-state index contributed by atoms with van der Waals surface area (Å²) in [5.41, 5.74) is 7.17. The van der Waals surface area contributed by atoms with Crippen LogP contribution in [0.5, 0.6) is 0 Å². The fourth-order valence-corrected chi connectivity index (χ4v) is 2.21. The van der Waals surface area contributed by atoms with Gasteiger partial charge in [0.25, 0.3) is 0 Å². The van der Waals surface area contributed by atoms with Crippen LogP contribution < -0.4 is 11.1 Å². The fourth-order valence-electron chi connectivity index (χ4n) is 1.27. The molecule has 17 heavy (non-hydrogen) atoms. The Hall–Kier alpha value is -0.710. The van der Waals surface area contributed by atoms with Gasteiger partial charge >= 0.3 is 0 Å². The van der Waals surface area contributed by atoms with E-state index in [1.807, 2.05) is 19.1 Å². The van der Waals surface area contributed by atoms with Crippen molar-refractivity contribution in [1.82, 2.24) is 0 Å². The SMILES string of the molecule is Cc1ccc(Cl)cc1NC(=O)CSCCCN. The lowest BCUT2D eigenvalue weighted by molar-refractivity contribution is -0.113. The number of amides is 1. The number of halogens is 1. The minimum Gasteiger partial charge on any atom is -0.330 e. The standard InChI is InChI=1S/C12H17ClN2OS/c1-9-3-4-10(13)7-11(9)15-12(16)8-17-6-2-5-14/h3-4,7H,2,5-6,8,14H2,1H3,(H,15,16). The number of carbonyl (C=O) groups excluding carboxylic acids is 1. The molecule has 1 rings (SSSR count). The van der Waals surface area contributed by atoms with E-state index >= 15 is 0 Å². The van der Waals surface area contributed by atoms with Gasteiger partial charge in [0.15, 0.2) is 0 Å². The highest BCUT2D eigenvalue weighted by Crippen LogP contribution is 2.20. The third-order valence-electron chi connectivity index (χ3n) is 2.20. The number of hydrogen-bond donors (Lipinski definition) is 2. The molecule has 0 aliphatic rings. The summed E-state index contributed by atoms with van der Waals surface area (Å²) in [5.74, 6) is 1.36. The molecule has 0 saturated heterocycles. The quantitative estimate of drug-likeness (QED) is 0.783. The van der Waals surface area contributed by atoms with Crippen molar-refractivity contribution in [2.45, 2.75) is 13.3 Å². The number of nitrogens with one attached hydrogen (secondary N) is 1. The molecule has 5 heteroatoms. The van der Waals surface area contributed by atoms with Crippen LogP contribution in [0, 0.1) is 6.92 Å². The van der Waals surface area contributed by atoms with E-state index < -0.39 is 0 Å². The minimum absolute atomic E-state index is 0.00242. The predicted molar refractivity (Wildman–Crippen MR) is 75.8 cm³/mol. The van der Waals surface area contributed by atoms with E-state index in [2.05, 4.69) is 5.32 Å². The van der Waals surface area contributed by atoms with E-state index in [1.165, 1.54) is 0 Å². The van der Waals surface area contributed by atoms with E-state index in [0.29, 0.717) is 17.3 Å². The Balaban J connectivity index is 2.42. The van der Waals surface area contributed by atoms with E-state index in [9.17, 15) is 4.79 Å². The maximum Gasteiger partial charge on any atom is 0.234 e. The summed E-state index contributed by atoms with van der Waals surface area (Å²) in [6.07, 6.45) is 0.939. The van der Waals surface area contributed by atoms with Crippen LogP contribution in [0.25, 0.3) is 0 Å². The number of thioether (sulfide) groups is 1. The lowest BCUT2D eigenvalue weighted by Crippen LogP contribution is -2.15. The summed E-state index contributed by atoms with van der Waals surface area (Å²) in [6.45, 7) is 2.61. The zero-order valence-corrected chi connectivity index (χ0v) is 11.4. The van der Waals surface area contributed by atoms with Gasteiger partial charge in [-0.3, -0.25) is 4.79 Å². The summed E-state index contributed by atoms with van der Waals surface area (Å²) in [7, 11) is 0. The number of rotatable bonds is 6. The first-order valence-electron chi connectivity index (χ1n) is 5.47. The maximum atomic E-state index is 11.6. The van der Waals surface area contributed by atoms with Crippen LogP contribution in [0.15, 0.2) is 18.2 Å². The molecule has 0 aromatic heterocycles. The Labute approximate surface area is 111 Å². The normalized spacial score (nSPS) is 10.3. The summed E-state index contributed by atoms with van der Waals surface area (Å²) < 4.78 is 0. The molecule has 3 N–H and O–H groups in total. The molecule has 0 saturated carbocycles. The molecule has 1 aromatic rings. The van der Waals surface area contributed by atoms with Crippen LogP contribution in [0.1, 0.15) is 12.0 Å². The first-order valence-corrected chi connectivity index (χ1v) is 7.00. The van der Waals surface area contributed by atoms with Crippen LogP contribution in [-0.4, -0.2) is 24.0 Å². The Kier molecular flexibility index (Phi) is 6.40. The van der Waals surface area contributed by atoms with Crippen molar-refractivity contribution < 1.29 is 4.79 Å². The average molecular weight is 273 g/mol. The van der Waals surface area contributed by atoms with Crippen molar-refractivity contribution in [2.24, 2.45) is 5.73 Å². The van der Waals surface area contributed by atoms with Gasteiger partial charge in [-0.25, -0.2) is 0 Å². The molecule has 0 atom stereocenters. The second-order valence-corrected chi connectivity index (χ2v) is 5.24. The van der Waals surface area contributed by atoms with Crippen LogP contribution in [-0.2, 0) is 4.79 Å². The highest BCUT2D eigenvalue weighted by Gasteiger charge is 2.05. The molecule has 94 valence electrons. The van der Waals surface area contributed by atoms with Crippen molar-refractivity contribution in [3.8, 4) is 0 Å². The Morgan fingerprint density at radius 1 is 1.53 bits per heavy atom. The molecule has 0 radical (unpaired) electrons. The van der Waals surface area contributed by atoms with E-state index in [0.717, 1.165) is 23.4 Å². The smallest absolute Gasteiger partial charge is 0.234 e. The number of hydrogen-bond acceptors (Lipinski definition) is 3. The van der Waals surface area contributed by atoms with Gasteiger partial charge in [0.2, 0.25) is 5.91 Å². The zero-order valence-electron chi connectivity index (χ0n) is 9.83. The number of aryl methyl sites for hydroxylation is 1. The van der Waals surface area contributed by atoms with Crippen LogP contribution >= 0.6 is 23.4 Å². The number of nitrogens with two attached hydrogens (primary N) is 1. The second kappa shape index (κ2) is 7.58. The topological polar surface area (TPSA) is 55.1 Å². The monoisotopic (exact) mass is 272 g/mol. The van der Waals surface area contributed by atoms with Gasteiger partial charge in [-0.1, -0.05) is 17.7 Å². The number of anilines is 1. The molecule has 1 aromatic carbocycles. The Morgan fingerprint density at radius 2 is 2.29 bits per heavy atom. The number of benzene rings is 1. The predicted octanol–water partition coefficient (Wildman–Crippen LogP) is 2.67. The first-order chi connectivity index (χ1) is 8.13. The molecule has 1 amide bonds. The van der Waals surface area contributed by atoms with E-state index in [1.54, 1.807) is 17.8 Å². The number of carbonyl (C=O) groups is 1. The van der Waals surface area contributed by atoms with Gasteiger partial charge in [0.05, 0.1) is 5.75 Å². The van der Waals surface area contributed by atoms with Gasteiger partial charge < -0.3 is 11.1 Å². The molecular weight excluding hydrogens is 256 g/mol. The van der Waals surface area contributed by atoms with Crippen LogP contribution in [0.3, 0.4) is 0 Å². The molecule has 3 nitrogen and oxygen atoms in total. The Morgan fingerprint density at radius 3 is 3.00 bits per heavy atom. The third kappa shape index (κ3) is 5.44. The fraction of sp³-hybridized carbons (Fsp3) is 0.417. The average Bonchev–Trinajstić information content (AvgIpc) is 2.29. The van der Waals surface area contributed by atoms with Crippen molar-refractivity contribution >= 4 is 35.0 Å². The molecule has 0 unspecified atom stereocenters. The third-order valence-corrected chi connectivity index (χ3v) is 3.48. The van der Waals surface area contributed by atoms with Gasteiger partial charge in [0, 0.05) is 10.7 Å². The molecule has 0 aliphatic heterocycles. The summed E-state index contributed by atoms with van der Waals surface area (Å²) in [6, 6.07) is 5.46. The van der Waals surface area contributed by atoms with Gasteiger partial charge in [-0.15, -0.1) is 0 Å². The van der Waals surface area contributed by atoms with Crippen LogP contribution in [0.4, 0.5) is 5.69 Å². The molecule has 0 bridgehead atoms. The van der Waals surface area contributed by atoms with Crippen molar-refractivity contribution in [1.29, 1.82) is 0 Å². The molecule has 0 heterocycles. The summed E-state index contributed by atoms with van der Waals surface area (Å²) in [4.78, 5) is 11.6.